The minimum Gasteiger partial charge on any atom is -0.495 e. The fourth-order valence-corrected chi connectivity index (χ4v) is 1.70. The molecule has 0 unspecified atom stereocenters. The second-order valence-electron chi connectivity index (χ2n) is 4.63. The highest BCUT2D eigenvalue weighted by Crippen LogP contribution is 2.28. The fraction of sp³-hybridized carbons (Fsp3) is 0.500. The zero-order chi connectivity index (χ0) is 14.4. The number of halogens is 1. The Balaban J connectivity index is 2.73. The van der Waals surface area contributed by atoms with Crippen molar-refractivity contribution in [2.24, 2.45) is 0 Å². The van der Waals surface area contributed by atoms with Gasteiger partial charge in [0.05, 0.1) is 12.8 Å². The van der Waals surface area contributed by atoms with Crippen molar-refractivity contribution in [3.8, 4) is 5.75 Å². The Kier molecular flexibility index (Phi) is 5.76. The summed E-state index contributed by atoms with van der Waals surface area (Å²) in [5, 5.41) is 3.17. The van der Waals surface area contributed by atoms with Gasteiger partial charge in [-0.05, 0) is 12.1 Å². The van der Waals surface area contributed by atoms with Gasteiger partial charge in [-0.1, -0.05) is 13.8 Å². The van der Waals surface area contributed by atoms with E-state index in [1.165, 1.54) is 30.2 Å². The topological polar surface area (TPSA) is 41.6 Å². The number of ether oxygens (including phenoxy) is 1. The zero-order valence-electron chi connectivity index (χ0n) is 11.9. The van der Waals surface area contributed by atoms with Crippen molar-refractivity contribution < 1.29 is 13.9 Å². The second-order valence-corrected chi connectivity index (χ2v) is 4.63. The summed E-state index contributed by atoms with van der Waals surface area (Å²) in [6.07, 6.45) is 0.356. The van der Waals surface area contributed by atoms with Gasteiger partial charge in [0.15, 0.2) is 0 Å². The first-order valence-corrected chi connectivity index (χ1v) is 6.29. The molecule has 1 aromatic rings. The van der Waals surface area contributed by atoms with Crippen LogP contribution in [0.1, 0.15) is 20.3 Å². The average molecular weight is 268 g/mol. The van der Waals surface area contributed by atoms with Crippen LogP contribution >= 0.6 is 0 Å². The van der Waals surface area contributed by atoms with E-state index in [0.29, 0.717) is 30.4 Å². The number of carbonyl (C=O) groups is 1. The van der Waals surface area contributed by atoms with Crippen molar-refractivity contribution >= 4 is 11.6 Å². The first-order valence-electron chi connectivity index (χ1n) is 6.29. The minimum atomic E-state index is -0.393. The number of hydrogen-bond donors (Lipinski definition) is 1. The molecule has 1 rings (SSSR count). The van der Waals surface area contributed by atoms with Crippen molar-refractivity contribution in [2.45, 2.75) is 26.3 Å². The van der Waals surface area contributed by atoms with E-state index in [1.807, 2.05) is 13.8 Å². The van der Waals surface area contributed by atoms with E-state index in [2.05, 4.69) is 5.32 Å². The van der Waals surface area contributed by atoms with Crippen LogP contribution in [-0.4, -0.2) is 32.7 Å². The summed E-state index contributed by atoms with van der Waals surface area (Å²) < 4.78 is 18.4. The van der Waals surface area contributed by atoms with Gasteiger partial charge in [-0.25, -0.2) is 4.39 Å². The predicted octanol–water partition coefficient (Wildman–Crippen LogP) is 2.19. The van der Waals surface area contributed by atoms with E-state index in [4.69, 9.17) is 4.74 Å². The third kappa shape index (κ3) is 4.52. The Labute approximate surface area is 113 Å². The summed E-state index contributed by atoms with van der Waals surface area (Å²) in [5.41, 5.74) is 0.442. The molecule has 0 atom stereocenters. The van der Waals surface area contributed by atoms with Crippen LogP contribution in [0.25, 0.3) is 0 Å². The van der Waals surface area contributed by atoms with Crippen molar-refractivity contribution in [2.75, 3.05) is 25.6 Å². The SMILES string of the molecule is COc1ccc(F)cc1N(C)C(=O)CCNC(C)C. The molecule has 0 heterocycles. The van der Waals surface area contributed by atoms with Gasteiger partial charge in [-0.3, -0.25) is 4.79 Å². The molecule has 0 spiro atoms. The van der Waals surface area contributed by atoms with E-state index in [0.717, 1.165) is 0 Å². The summed E-state index contributed by atoms with van der Waals surface area (Å²) >= 11 is 0. The van der Waals surface area contributed by atoms with Gasteiger partial charge in [-0.2, -0.15) is 0 Å². The molecular weight excluding hydrogens is 247 g/mol. The molecule has 0 saturated carbocycles. The van der Waals surface area contributed by atoms with Crippen LogP contribution in [0.5, 0.6) is 5.75 Å². The van der Waals surface area contributed by atoms with Gasteiger partial charge < -0.3 is 15.0 Å². The molecule has 5 heteroatoms. The lowest BCUT2D eigenvalue weighted by atomic mass is 10.2. The molecule has 0 fully saturated rings. The molecule has 1 N–H and O–H groups in total. The van der Waals surface area contributed by atoms with Gasteiger partial charge in [0.2, 0.25) is 5.91 Å². The number of hydrogen-bond acceptors (Lipinski definition) is 3. The van der Waals surface area contributed by atoms with Crippen LogP contribution < -0.4 is 15.0 Å². The highest BCUT2D eigenvalue weighted by molar-refractivity contribution is 5.94. The molecule has 0 bridgehead atoms. The van der Waals surface area contributed by atoms with Crippen molar-refractivity contribution in [1.29, 1.82) is 0 Å². The lowest BCUT2D eigenvalue weighted by Gasteiger charge is -2.20. The quantitative estimate of drug-likeness (QED) is 0.860. The molecule has 0 aliphatic carbocycles. The number of amides is 1. The lowest BCUT2D eigenvalue weighted by Crippen LogP contribution is -2.32. The summed E-state index contributed by atoms with van der Waals surface area (Å²) in [4.78, 5) is 13.4. The number of methoxy groups -OCH3 is 1. The lowest BCUT2D eigenvalue weighted by molar-refractivity contribution is -0.118. The zero-order valence-corrected chi connectivity index (χ0v) is 11.9. The van der Waals surface area contributed by atoms with E-state index >= 15 is 0 Å². The Morgan fingerprint density at radius 2 is 2.16 bits per heavy atom. The summed E-state index contributed by atoms with van der Waals surface area (Å²) in [5.74, 6) is 0.00174. The average Bonchev–Trinajstić information content (AvgIpc) is 2.37. The van der Waals surface area contributed by atoms with E-state index in [-0.39, 0.29) is 5.91 Å². The predicted molar refractivity (Wildman–Crippen MR) is 74.1 cm³/mol. The Morgan fingerprint density at radius 1 is 1.47 bits per heavy atom. The molecular formula is C14H21FN2O2. The fourth-order valence-electron chi connectivity index (χ4n) is 1.70. The Morgan fingerprint density at radius 3 is 2.74 bits per heavy atom. The Hall–Kier alpha value is -1.62. The number of rotatable bonds is 6. The van der Waals surface area contributed by atoms with Crippen molar-refractivity contribution in [1.82, 2.24) is 5.32 Å². The summed E-state index contributed by atoms with van der Waals surface area (Å²) in [6, 6.07) is 4.45. The van der Waals surface area contributed by atoms with Crippen molar-refractivity contribution in [3.63, 3.8) is 0 Å². The number of benzene rings is 1. The molecule has 106 valence electrons. The van der Waals surface area contributed by atoms with Crippen LogP contribution in [0.4, 0.5) is 10.1 Å². The highest BCUT2D eigenvalue weighted by atomic mass is 19.1. The molecule has 1 aromatic carbocycles. The van der Waals surface area contributed by atoms with Crippen molar-refractivity contribution in [3.05, 3.63) is 24.0 Å². The standard InChI is InChI=1S/C14H21FN2O2/c1-10(2)16-8-7-14(18)17(3)12-9-11(15)5-6-13(12)19-4/h5-6,9-10,16H,7-8H2,1-4H3. The maximum absolute atomic E-state index is 13.3. The maximum atomic E-state index is 13.3. The molecule has 0 radical (unpaired) electrons. The third-order valence-corrected chi connectivity index (χ3v) is 2.77. The molecule has 0 saturated heterocycles. The summed E-state index contributed by atoms with van der Waals surface area (Å²) in [6.45, 7) is 4.63. The smallest absolute Gasteiger partial charge is 0.228 e. The van der Waals surface area contributed by atoms with E-state index in [1.54, 1.807) is 7.05 Å². The van der Waals surface area contributed by atoms with E-state index in [9.17, 15) is 9.18 Å². The van der Waals surface area contributed by atoms with E-state index < -0.39 is 5.82 Å². The van der Waals surface area contributed by atoms with Crippen LogP contribution in [0.3, 0.4) is 0 Å². The second kappa shape index (κ2) is 7.09. The van der Waals surface area contributed by atoms with Crippen LogP contribution in [0.2, 0.25) is 0 Å². The molecule has 0 aliphatic rings. The first-order chi connectivity index (χ1) is 8.95. The molecule has 1 amide bonds. The van der Waals surface area contributed by atoms with Gasteiger partial charge >= 0.3 is 0 Å². The molecule has 4 nitrogen and oxygen atoms in total. The van der Waals surface area contributed by atoms with Gasteiger partial charge in [0.25, 0.3) is 0 Å². The number of nitrogens with zero attached hydrogens (tertiary/aromatic N) is 1. The Bertz CT molecular complexity index is 435. The third-order valence-electron chi connectivity index (χ3n) is 2.77. The van der Waals surface area contributed by atoms with Crippen LogP contribution in [-0.2, 0) is 4.79 Å². The van der Waals surface area contributed by atoms with Crippen LogP contribution in [0, 0.1) is 5.82 Å². The van der Waals surface area contributed by atoms with Gasteiger partial charge in [-0.15, -0.1) is 0 Å². The largest absolute Gasteiger partial charge is 0.495 e. The molecule has 19 heavy (non-hydrogen) atoms. The highest BCUT2D eigenvalue weighted by Gasteiger charge is 2.15. The van der Waals surface area contributed by atoms with Gasteiger partial charge in [0, 0.05) is 32.1 Å². The van der Waals surface area contributed by atoms with Gasteiger partial charge in [0.1, 0.15) is 11.6 Å². The van der Waals surface area contributed by atoms with Crippen LogP contribution in [0.15, 0.2) is 18.2 Å². The molecule has 0 aliphatic heterocycles. The molecule has 0 aromatic heterocycles. The minimum absolute atomic E-state index is 0.0861. The normalized spacial score (nSPS) is 10.6. The number of anilines is 1. The number of carbonyl (C=O) groups excluding carboxylic acids is 1. The summed E-state index contributed by atoms with van der Waals surface area (Å²) in [7, 11) is 3.12. The number of nitrogens with one attached hydrogen (secondary N) is 1. The first kappa shape index (κ1) is 15.4. The maximum Gasteiger partial charge on any atom is 0.228 e. The monoisotopic (exact) mass is 268 g/mol.